The zero-order chi connectivity index (χ0) is 22.1. The molecule has 0 unspecified atom stereocenters. The molecular weight excluding hydrogens is 394 g/mol. The summed E-state index contributed by atoms with van der Waals surface area (Å²) < 4.78 is 0. The summed E-state index contributed by atoms with van der Waals surface area (Å²) in [7, 11) is 0. The van der Waals surface area contributed by atoms with Crippen molar-refractivity contribution in [2.75, 3.05) is 18.0 Å². The largest absolute Gasteiger partial charge is 0.363 e. The zero-order valence-corrected chi connectivity index (χ0v) is 16.6. The van der Waals surface area contributed by atoms with Gasteiger partial charge in [0.1, 0.15) is 0 Å². The highest BCUT2D eigenvalue weighted by Crippen LogP contribution is 2.24. The van der Waals surface area contributed by atoms with Gasteiger partial charge in [0.2, 0.25) is 0 Å². The Hall–Kier alpha value is -4.38. The third-order valence-electron chi connectivity index (χ3n) is 4.48. The average Bonchev–Trinajstić information content (AvgIpc) is 2.81. The molecule has 31 heavy (non-hydrogen) atoms. The van der Waals surface area contributed by atoms with E-state index in [0.29, 0.717) is 29.9 Å². The van der Waals surface area contributed by atoms with Crippen molar-refractivity contribution in [3.63, 3.8) is 0 Å². The van der Waals surface area contributed by atoms with E-state index in [2.05, 4.69) is 16.3 Å². The molecule has 8 nitrogen and oxygen atoms in total. The van der Waals surface area contributed by atoms with Crippen LogP contribution in [0.1, 0.15) is 16.8 Å². The first-order chi connectivity index (χ1) is 15.1. The van der Waals surface area contributed by atoms with Gasteiger partial charge in [0.25, 0.3) is 5.69 Å². The van der Waals surface area contributed by atoms with E-state index in [1.807, 2.05) is 35.2 Å². The lowest BCUT2D eigenvalue weighted by atomic mass is 10.1. The van der Waals surface area contributed by atoms with Crippen LogP contribution in [-0.4, -0.2) is 23.8 Å². The van der Waals surface area contributed by atoms with Crippen LogP contribution < -0.4 is 4.90 Å². The van der Waals surface area contributed by atoms with Gasteiger partial charge in [0.15, 0.2) is 5.78 Å². The standard InChI is InChI=1S/C23H19N5O3/c24-15-4-16-27(17-23(29)18-5-2-1-3-6-18)21-11-7-19(8-12-21)25-26-20-9-13-22(14-10-20)28(30)31/h1-3,5-14H,4,16-17H2. The Morgan fingerprint density at radius 3 is 2.06 bits per heavy atom. The molecular formula is C23H19N5O3. The number of carbonyl (C=O) groups is 1. The smallest absolute Gasteiger partial charge is 0.269 e. The number of nitro benzene ring substituents is 1. The summed E-state index contributed by atoms with van der Waals surface area (Å²) in [5.41, 5.74) is 2.51. The second-order valence-corrected chi connectivity index (χ2v) is 6.61. The third kappa shape index (κ3) is 6.05. The van der Waals surface area contributed by atoms with Crippen molar-refractivity contribution in [2.24, 2.45) is 10.2 Å². The van der Waals surface area contributed by atoms with Crippen molar-refractivity contribution in [1.29, 1.82) is 5.26 Å². The van der Waals surface area contributed by atoms with Crippen LogP contribution in [0, 0.1) is 21.4 Å². The molecule has 0 amide bonds. The predicted molar refractivity (Wildman–Crippen MR) is 117 cm³/mol. The SMILES string of the molecule is N#CCCN(CC(=O)c1ccccc1)c1ccc(N=Nc2ccc([N+](=O)[O-])cc2)cc1. The quantitative estimate of drug-likeness (QED) is 0.196. The molecule has 0 fully saturated rings. The molecule has 3 aromatic carbocycles. The van der Waals surface area contributed by atoms with Gasteiger partial charge in [-0.05, 0) is 36.4 Å². The van der Waals surface area contributed by atoms with Gasteiger partial charge in [-0.25, -0.2) is 0 Å². The van der Waals surface area contributed by atoms with Crippen molar-refractivity contribution in [3.8, 4) is 6.07 Å². The monoisotopic (exact) mass is 413 g/mol. The van der Waals surface area contributed by atoms with Crippen LogP contribution in [0.4, 0.5) is 22.7 Å². The van der Waals surface area contributed by atoms with Crippen LogP contribution >= 0.6 is 0 Å². The number of rotatable bonds is 9. The van der Waals surface area contributed by atoms with Gasteiger partial charge in [-0.15, -0.1) is 0 Å². The van der Waals surface area contributed by atoms with Crippen molar-refractivity contribution in [1.82, 2.24) is 0 Å². The van der Waals surface area contributed by atoms with Crippen LogP contribution in [0.2, 0.25) is 0 Å². The number of hydrogen-bond donors (Lipinski definition) is 0. The van der Waals surface area contributed by atoms with Crippen molar-refractivity contribution >= 4 is 28.5 Å². The van der Waals surface area contributed by atoms with E-state index in [9.17, 15) is 14.9 Å². The Morgan fingerprint density at radius 2 is 1.52 bits per heavy atom. The molecule has 0 aliphatic heterocycles. The number of non-ortho nitro benzene ring substituents is 1. The summed E-state index contributed by atoms with van der Waals surface area (Å²) in [4.78, 5) is 24.7. The molecule has 0 saturated carbocycles. The number of benzene rings is 3. The van der Waals surface area contributed by atoms with E-state index in [1.165, 1.54) is 24.3 Å². The molecule has 0 radical (unpaired) electrons. The Bertz CT molecular complexity index is 1100. The molecule has 154 valence electrons. The summed E-state index contributed by atoms with van der Waals surface area (Å²) in [6.45, 7) is 0.591. The van der Waals surface area contributed by atoms with Gasteiger partial charge in [0, 0.05) is 29.9 Å². The number of carbonyl (C=O) groups excluding carboxylic acids is 1. The lowest BCUT2D eigenvalue weighted by molar-refractivity contribution is -0.384. The van der Waals surface area contributed by atoms with Gasteiger partial charge in [-0.3, -0.25) is 14.9 Å². The lowest BCUT2D eigenvalue weighted by Crippen LogP contribution is -2.30. The number of nitro groups is 1. The fraction of sp³-hybridized carbons (Fsp3) is 0.130. The average molecular weight is 413 g/mol. The van der Waals surface area contributed by atoms with E-state index in [-0.39, 0.29) is 18.0 Å². The number of anilines is 1. The topological polar surface area (TPSA) is 112 Å². The second kappa shape index (κ2) is 10.4. The Morgan fingerprint density at radius 1 is 0.935 bits per heavy atom. The van der Waals surface area contributed by atoms with Crippen LogP contribution in [0.25, 0.3) is 0 Å². The summed E-state index contributed by atoms with van der Waals surface area (Å²) >= 11 is 0. The number of azo groups is 1. The molecule has 0 aliphatic carbocycles. The summed E-state index contributed by atoms with van der Waals surface area (Å²) in [6.07, 6.45) is 0.295. The maximum Gasteiger partial charge on any atom is 0.269 e. The Kier molecular flexibility index (Phi) is 7.16. The van der Waals surface area contributed by atoms with Gasteiger partial charge < -0.3 is 4.90 Å². The van der Waals surface area contributed by atoms with E-state index in [1.54, 1.807) is 24.3 Å². The zero-order valence-electron chi connectivity index (χ0n) is 16.6. The Labute approximate surface area is 179 Å². The first-order valence-electron chi connectivity index (χ1n) is 9.53. The summed E-state index contributed by atoms with van der Waals surface area (Å²) in [5, 5.41) is 27.9. The van der Waals surface area contributed by atoms with Gasteiger partial charge in [-0.2, -0.15) is 15.5 Å². The van der Waals surface area contributed by atoms with Crippen LogP contribution in [-0.2, 0) is 0 Å². The first kappa shape index (κ1) is 21.3. The van der Waals surface area contributed by atoms with E-state index in [4.69, 9.17) is 5.26 Å². The van der Waals surface area contributed by atoms with E-state index < -0.39 is 4.92 Å². The minimum absolute atomic E-state index is 0.00851. The minimum Gasteiger partial charge on any atom is -0.363 e. The molecule has 0 spiro atoms. The number of hydrogen-bond acceptors (Lipinski definition) is 7. The fourth-order valence-electron chi connectivity index (χ4n) is 2.86. The highest BCUT2D eigenvalue weighted by Gasteiger charge is 2.13. The number of nitrogens with zero attached hydrogens (tertiary/aromatic N) is 5. The number of ketones is 1. The van der Waals surface area contributed by atoms with Crippen LogP contribution in [0.15, 0.2) is 89.1 Å². The van der Waals surface area contributed by atoms with Crippen molar-refractivity contribution in [3.05, 3.63) is 94.5 Å². The molecule has 3 rings (SSSR count). The molecule has 8 heteroatoms. The second-order valence-electron chi connectivity index (χ2n) is 6.61. The lowest BCUT2D eigenvalue weighted by Gasteiger charge is -2.23. The fourth-order valence-corrected chi connectivity index (χ4v) is 2.86. The van der Waals surface area contributed by atoms with Crippen LogP contribution in [0.3, 0.4) is 0 Å². The molecule has 0 aliphatic rings. The molecule has 0 aromatic heterocycles. The third-order valence-corrected chi connectivity index (χ3v) is 4.48. The molecule has 0 bridgehead atoms. The molecule has 0 atom stereocenters. The maximum atomic E-state index is 12.6. The van der Waals surface area contributed by atoms with Crippen molar-refractivity contribution in [2.45, 2.75) is 6.42 Å². The van der Waals surface area contributed by atoms with Gasteiger partial charge in [0.05, 0.1) is 35.3 Å². The molecule has 0 saturated heterocycles. The minimum atomic E-state index is -0.472. The normalized spacial score (nSPS) is 10.5. The highest BCUT2D eigenvalue weighted by atomic mass is 16.6. The molecule has 3 aromatic rings. The number of nitriles is 1. The maximum absolute atomic E-state index is 12.6. The molecule has 0 N–H and O–H groups in total. The summed E-state index contributed by atoms with van der Waals surface area (Å²) in [5.74, 6) is -0.0273. The van der Waals surface area contributed by atoms with Gasteiger partial charge >= 0.3 is 0 Å². The van der Waals surface area contributed by atoms with Crippen molar-refractivity contribution < 1.29 is 9.72 Å². The van der Waals surface area contributed by atoms with Crippen LogP contribution in [0.5, 0.6) is 0 Å². The first-order valence-corrected chi connectivity index (χ1v) is 9.53. The number of Topliss-reactive ketones (excluding diaryl/α,β-unsaturated/α-hetero) is 1. The predicted octanol–water partition coefficient (Wildman–Crippen LogP) is 5.61. The summed E-state index contributed by atoms with van der Waals surface area (Å²) in [6, 6.07) is 24.1. The molecule has 0 heterocycles. The highest BCUT2D eigenvalue weighted by molar-refractivity contribution is 5.99. The van der Waals surface area contributed by atoms with E-state index in [0.717, 1.165) is 5.69 Å². The van der Waals surface area contributed by atoms with Gasteiger partial charge in [-0.1, -0.05) is 30.3 Å². The Balaban J connectivity index is 1.70. The van der Waals surface area contributed by atoms with E-state index >= 15 is 0 Å².